The molecule has 0 fully saturated rings. The minimum Gasteiger partial charge on any atom is -0.259 e. The zero-order valence-corrected chi connectivity index (χ0v) is 51.7. The van der Waals surface area contributed by atoms with Crippen LogP contribution in [0.3, 0.4) is 0 Å². The summed E-state index contributed by atoms with van der Waals surface area (Å²) in [4.78, 5) is 0. The van der Waals surface area contributed by atoms with E-state index in [4.69, 9.17) is 46.4 Å². The third-order valence-corrected chi connectivity index (χ3v) is 19.2. The highest BCUT2D eigenvalue weighted by molar-refractivity contribution is 6.53. The molecule has 0 bridgehead atoms. The van der Waals surface area contributed by atoms with Gasteiger partial charge in [0.05, 0.1) is 31.2 Å². The summed E-state index contributed by atoms with van der Waals surface area (Å²) in [6.07, 6.45) is 25.7. The van der Waals surface area contributed by atoms with Crippen molar-refractivity contribution in [3.8, 4) is 0 Å². The molecule has 0 aliphatic carbocycles. The lowest BCUT2D eigenvalue weighted by molar-refractivity contribution is 0.356. The standard InChI is InChI=1S/C74H88Cl4N2/c1-5-9-13-23-51-79(52-24-14-10-6-2,58-31-19-17-20-32-58)60-43-37-55(38-44-60)29-27-35-62-63-47-50-67(77)72-69(63)73(71-66(76)49-42-57-41-48-65(75)70(72)68(57)71)74(78)64(62)36-28-30-56-39-45-61(46-40-56)80(53-25-15-11-7-3,54-26-16-12-8-4)59-33-21-18-22-34-59/h17-22,31-34,37-50H,5-16,23-30,35-36,51-54H2,1-4H3/q+2. The van der Waals surface area contributed by atoms with E-state index in [1.54, 1.807) is 0 Å². The number of para-hydroxylation sites is 2. The first-order chi connectivity index (χ1) is 39.2. The van der Waals surface area contributed by atoms with Gasteiger partial charge in [0, 0.05) is 47.4 Å². The monoisotopic (exact) mass is 1140 g/mol. The van der Waals surface area contributed by atoms with Gasteiger partial charge in [-0.05, 0) is 190 Å². The molecule has 6 heteroatoms. The Morgan fingerprint density at radius 3 is 1.06 bits per heavy atom. The predicted molar refractivity (Wildman–Crippen MR) is 356 cm³/mol. The van der Waals surface area contributed by atoms with Gasteiger partial charge in [0.15, 0.2) is 0 Å². The van der Waals surface area contributed by atoms with Gasteiger partial charge in [0.2, 0.25) is 0 Å². The van der Waals surface area contributed by atoms with Crippen LogP contribution in [-0.4, -0.2) is 26.2 Å². The van der Waals surface area contributed by atoms with E-state index < -0.39 is 0 Å². The fourth-order valence-corrected chi connectivity index (χ4v) is 14.7. The second-order valence-electron chi connectivity index (χ2n) is 23.2. The van der Waals surface area contributed by atoms with E-state index in [1.807, 2.05) is 12.1 Å². The number of nitrogens with zero attached hydrogens (tertiary/aromatic N) is 2. The summed E-state index contributed by atoms with van der Waals surface area (Å²) in [7, 11) is 0. The van der Waals surface area contributed by atoms with Crippen molar-refractivity contribution in [3.05, 3.63) is 188 Å². The van der Waals surface area contributed by atoms with Crippen LogP contribution in [-0.2, 0) is 25.7 Å². The largest absolute Gasteiger partial charge is 0.259 e. The molecule has 420 valence electrons. The van der Waals surface area contributed by atoms with Crippen LogP contribution in [0.15, 0.2) is 146 Å². The number of hydrogen-bond acceptors (Lipinski definition) is 0. The van der Waals surface area contributed by atoms with E-state index in [-0.39, 0.29) is 0 Å². The van der Waals surface area contributed by atoms with Crippen LogP contribution in [0.2, 0.25) is 20.1 Å². The normalized spacial score (nSPS) is 12.3. The molecule has 80 heavy (non-hydrogen) atoms. The van der Waals surface area contributed by atoms with E-state index in [0.29, 0.717) is 15.1 Å². The molecule has 0 N–H and O–H groups in total. The molecule has 0 amide bonds. The van der Waals surface area contributed by atoms with E-state index in [1.165, 1.54) is 153 Å². The first-order valence-corrected chi connectivity index (χ1v) is 32.6. The van der Waals surface area contributed by atoms with Crippen LogP contribution < -0.4 is 8.97 Å². The van der Waals surface area contributed by atoms with E-state index in [9.17, 15) is 0 Å². The topological polar surface area (TPSA) is 0 Å². The summed E-state index contributed by atoms with van der Waals surface area (Å²) in [5, 5.41) is 11.0. The lowest BCUT2D eigenvalue weighted by atomic mass is 9.84. The number of benzene rings is 9. The maximum absolute atomic E-state index is 8.02. The van der Waals surface area contributed by atoms with Gasteiger partial charge >= 0.3 is 0 Å². The lowest BCUT2D eigenvalue weighted by Crippen LogP contribution is -2.46. The Balaban J connectivity index is 1.05. The zero-order chi connectivity index (χ0) is 55.9. The van der Waals surface area contributed by atoms with Crippen molar-refractivity contribution < 1.29 is 0 Å². The van der Waals surface area contributed by atoms with Gasteiger partial charge in [0.25, 0.3) is 0 Å². The van der Waals surface area contributed by atoms with Crippen LogP contribution >= 0.6 is 46.4 Å². The summed E-state index contributed by atoms with van der Waals surface area (Å²) in [5.74, 6) is 0. The van der Waals surface area contributed by atoms with Crippen LogP contribution in [0.1, 0.15) is 166 Å². The molecule has 0 unspecified atom stereocenters. The molecule has 9 aromatic rings. The van der Waals surface area contributed by atoms with Gasteiger partial charge in [-0.3, -0.25) is 8.97 Å². The molecule has 0 radical (unpaired) electrons. The van der Waals surface area contributed by atoms with Crippen LogP contribution in [0.4, 0.5) is 22.7 Å². The molecule has 9 rings (SSSR count). The molecule has 9 aromatic carbocycles. The number of quaternary nitrogens is 2. The van der Waals surface area contributed by atoms with Crippen molar-refractivity contribution in [2.75, 3.05) is 26.2 Å². The average Bonchev–Trinajstić information content (AvgIpc) is 3.68. The van der Waals surface area contributed by atoms with Crippen molar-refractivity contribution >= 4 is 112 Å². The van der Waals surface area contributed by atoms with E-state index in [2.05, 4.69) is 161 Å². The van der Waals surface area contributed by atoms with Crippen LogP contribution in [0.5, 0.6) is 0 Å². The molecule has 0 saturated carbocycles. The van der Waals surface area contributed by atoms with Gasteiger partial charge in [-0.1, -0.05) is 204 Å². The SMILES string of the molecule is CCCCCC[N+](CCCCCC)(c1ccccc1)c1ccc(CCCc2c(CCCc3ccc([N+](CCCCCC)(CCCCCC)c4ccccc4)cc3)c3ccc(Cl)c4c5c(Cl)ccc6ccc(Cl)c(c(c2Cl)c34)c65)cc1. The van der Waals surface area contributed by atoms with Crippen molar-refractivity contribution in [3.63, 3.8) is 0 Å². The summed E-state index contributed by atoms with van der Waals surface area (Å²) in [5.41, 5.74) is 10.9. The fraction of sp³-hybridized carbons (Fsp3) is 0.405. The van der Waals surface area contributed by atoms with Crippen LogP contribution in [0.25, 0.3) is 43.1 Å². The number of fused-ring (bicyclic) bond motifs is 2. The maximum Gasteiger partial charge on any atom is 0.137 e. The second-order valence-corrected chi connectivity index (χ2v) is 24.8. The summed E-state index contributed by atoms with van der Waals surface area (Å²) >= 11 is 29.9. The van der Waals surface area contributed by atoms with E-state index in [0.717, 1.165) is 116 Å². The highest BCUT2D eigenvalue weighted by atomic mass is 35.5. The highest BCUT2D eigenvalue weighted by Gasteiger charge is 2.34. The molecule has 0 aromatic heterocycles. The van der Waals surface area contributed by atoms with Crippen molar-refractivity contribution in [2.45, 2.75) is 169 Å². The summed E-state index contributed by atoms with van der Waals surface area (Å²) in [6.45, 7) is 13.8. The Hall–Kier alpha value is -4.64. The molecule has 0 atom stereocenters. The molecule has 0 aliphatic rings. The van der Waals surface area contributed by atoms with Crippen LogP contribution in [0, 0.1) is 0 Å². The number of aryl methyl sites for hydroxylation is 3. The van der Waals surface area contributed by atoms with Gasteiger partial charge in [0.1, 0.15) is 22.7 Å². The van der Waals surface area contributed by atoms with E-state index >= 15 is 0 Å². The first kappa shape index (κ1) is 60.0. The number of rotatable bonds is 32. The molecule has 0 heterocycles. The number of halogens is 4. The Morgan fingerprint density at radius 1 is 0.287 bits per heavy atom. The van der Waals surface area contributed by atoms with Gasteiger partial charge in [-0.2, -0.15) is 0 Å². The van der Waals surface area contributed by atoms with Gasteiger partial charge in [-0.15, -0.1) is 0 Å². The Kier molecular flexibility index (Phi) is 21.8. The molecular weight excluding hydrogens is 1060 g/mol. The smallest absolute Gasteiger partial charge is 0.137 e. The molecule has 0 spiro atoms. The minimum atomic E-state index is 0.668. The lowest BCUT2D eigenvalue weighted by Gasteiger charge is -2.38. The summed E-state index contributed by atoms with van der Waals surface area (Å²) < 4.78 is 1.83. The number of unbranched alkanes of at least 4 members (excludes halogenated alkanes) is 12. The van der Waals surface area contributed by atoms with Crippen molar-refractivity contribution in [1.29, 1.82) is 0 Å². The van der Waals surface area contributed by atoms with Crippen molar-refractivity contribution in [1.82, 2.24) is 8.97 Å². The highest BCUT2D eigenvalue weighted by Crippen LogP contribution is 2.52. The third-order valence-electron chi connectivity index (χ3n) is 17.9. The Labute approximate surface area is 500 Å². The quantitative estimate of drug-likeness (QED) is 0.0171. The zero-order valence-electron chi connectivity index (χ0n) is 48.6. The van der Waals surface area contributed by atoms with Gasteiger partial charge in [-0.25, -0.2) is 0 Å². The molecule has 0 saturated heterocycles. The number of hydrogen-bond donors (Lipinski definition) is 0. The summed E-state index contributed by atoms with van der Waals surface area (Å²) in [6, 6.07) is 54.7. The average molecular weight is 1150 g/mol. The van der Waals surface area contributed by atoms with Crippen molar-refractivity contribution in [2.24, 2.45) is 0 Å². The minimum absolute atomic E-state index is 0.668. The first-order valence-electron chi connectivity index (χ1n) is 31.1. The Bertz CT molecular complexity index is 3340. The third kappa shape index (κ3) is 13.2. The fourth-order valence-electron chi connectivity index (χ4n) is 13.6. The predicted octanol–water partition coefficient (Wildman–Crippen LogP) is 24.3. The molecular formula is C74H88Cl4N2+2. The Morgan fingerprint density at radius 2 is 0.650 bits per heavy atom. The molecule has 2 nitrogen and oxygen atoms in total. The molecule has 0 aliphatic heterocycles. The van der Waals surface area contributed by atoms with Gasteiger partial charge < -0.3 is 0 Å². The maximum atomic E-state index is 8.02. The second kappa shape index (κ2) is 29.1.